The molecule has 0 aliphatic carbocycles. The van der Waals surface area contributed by atoms with E-state index >= 15 is 0 Å². The molecule has 0 aliphatic heterocycles. The first-order valence-corrected chi connectivity index (χ1v) is 6.43. The normalized spacial score (nSPS) is 10.5. The van der Waals surface area contributed by atoms with Crippen molar-refractivity contribution in [3.05, 3.63) is 39.8 Å². The fourth-order valence-electron chi connectivity index (χ4n) is 1.60. The molecule has 1 aromatic carbocycles. The summed E-state index contributed by atoms with van der Waals surface area (Å²) in [6.07, 6.45) is 0.879. The summed E-state index contributed by atoms with van der Waals surface area (Å²) in [4.78, 5) is 5.49. The van der Waals surface area contributed by atoms with Gasteiger partial charge in [0.25, 0.3) is 0 Å². The number of nitrogens with two attached hydrogens (primary N) is 1. The number of aryl methyl sites for hydroxylation is 2. The van der Waals surface area contributed by atoms with Crippen LogP contribution in [0.3, 0.4) is 0 Å². The summed E-state index contributed by atoms with van der Waals surface area (Å²) in [7, 11) is 0. The van der Waals surface area contributed by atoms with Gasteiger partial charge in [-0.3, -0.25) is 0 Å². The lowest BCUT2D eigenvalue weighted by atomic mass is 10.2. The van der Waals surface area contributed by atoms with Crippen LogP contribution in [0.5, 0.6) is 5.75 Å². The van der Waals surface area contributed by atoms with Crippen LogP contribution in [-0.4, -0.2) is 11.6 Å². The largest absolute Gasteiger partial charge is 0.491 e. The van der Waals surface area contributed by atoms with E-state index in [9.17, 15) is 0 Å². The lowest BCUT2D eigenvalue weighted by molar-refractivity contribution is 0.324. The minimum Gasteiger partial charge on any atom is -0.491 e. The number of hydrogen-bond acceptors (Lipinski definition) is 4. The summed E-state index contributed by atoms with van der Waals surface area (Å²) in [6.45, 7) is 4.64. The Labute approximate surface area is 105 Å². The SMILES string of the molecule is Cc1cccc(OCCc2scnc2C)c1N. The molecule has 17 heavy (non-hydrogen) atoms. The molecule has 0 bridgehead atoms. The van der Waals surface area contributed by atoms with Gasteiger partial charge < -0.3 is 10.5 Å². The van der Waals surface area contributed by atoms with Gasteiger partial charge in [-0.05, 0) is 25.5 Å². The highest BCUT2D eigenvalue weighted by atomic mass is 32.1. The molecule has 2 rings (SSSR count). The van der Waals surface area contributed by atoms with Crippen molar-refractivity contribution in [3.63, 3.8) is 0 Å². The highest BCUT2D eigenvalue weighted by molar-refractivity contribution is 7.09. The third kappa shape index (κ3) is 2.77. The molecule has 4 heteroatoms. The molecule has 0 spiro atoms. The minimum absolute atomic E-state index is 0.636. The molecule has 1 aromatic heterocycles. The monoisotopic (exact) mass is 248 g/mol. The Morgan fingerprint density at radius 1 is 1.35 bits per heavy atom. The van der Waals surface area contributed by atoms with Crippen molar-refractivity contribution >= 4 is 17.0 Å². The number of hydrogen-bond donors (Lipinski definition) is 1. The summed E-state index contributed by atoms with van der Waals surface area (Å²) in [5.74, 6) is 0.771. The van der Waals surface area contributed by atoms with E-state index < -0.39 is 0 Å². The van der Waals surface area contributed by atoms with Crippen molar-refractivity contribution in [2.75, 3.05) is 12.3 Å². The fraction of sp³-hybridized carbons (Fsp3) is 0.308. The van der Waals surface area contributed by atoms with Crippen LogP contribution in [0.25, 0.3) is 0 Å². The van der Waals surface area contributed by atoms with Gasteiger partial charge in [0.15, 0.2) is 0 Å². The molecule has 2 N–H and O–H groups in total. The Morgan fingerprint density at radius 2 is 2.18 bits per heavy atom. The van der Waals surface area contributed by atoms with Gasteiger partial charge in [-0.2, -0.15) is 0 Å². The third-order valence-electron chi connectivity index (χ3n) is 2.72. The van der Waals surface area contributed by atoms with Gasteiger partial charge in [0.1, 0.15) is 5.75 Å². The maximum atomic E-state index is 5.94. The van der Waals surface area contributed by atoms with Gasteiger partial charge in [-0.15, -0.1) is 11.3 Å². The Bertz CT molecular complexity index is 508. The van der Waals surface area contributed by atoms with Crippen LogP contribution in [0, 0.1) is 13.8 Å². The first-order valence-electron chi connectivity index (χ1n) is 5.55. The highest BCUT2D eigenvalue weighted by Crippen LogP contribution is 2.24. The van der Waals surface area contributed by atoms with E-state index in [1.54, 1.807) is 11.3 Å². The van der Waals surface area contributed by atoms with Crippen LogP contribution in [0.4, 0.5) is 5.69 Å². The van der Waals surface area contributed by atoms with Crippen LogP contribution in [0.2, 0.25) is 0 Å². The molecular formula is C13H16N2OS. The van der Waals surface area contributed by atoms with E-state index in [2.05, 4.69) is 4.98 Å². The van der Waals surface area contributed by atoms with Crippen LogP contribution in [0.1, 0.15) is 16.1 Å². The van der Waals surface area contributed by atoms with Crippen molar-refractivity contribution in [1.29, 1.82) is 0 Å². The maximum absolute atomic E-state index is 5.94. The second kappa shape index (κ2) is 5.19. The first kappa shape index (κ1) is 11.9. The number of nitrogens with zero attached hydrogens (tertiary/aromatic N) is 1. The molecule has 0 atom stereocenters. The van der Waals surface area contributed by atoms with Crippen molar-refractivity contribution in [2.24, 2.45) is 0 Å². The number of aromatic nitrogens is 1. The van der Waals surface area contributed by atoms with Gasteiger partial charge in [0, 0.05) is 11.3 Å². The van der Waals surface area contributed by atoms with Gasteiger partial charge >= 0.3 is 0 Å². The number of thiazole rings is 1. The number of nitrogen functional groups attached to an aromatic ring is 1. The van der Waals surface area contributed by atoms with Gasteiger partial charge in [0.2, 0.25) is 0 Å². The van der Waals surface area contributed by atoms with Crippen molar-refractivity contribution in [1.82, 2.24) is 4.98 Å². The third-order valence-corrected chi connectivity index (χ3v) is 3.71. The zero-order valence-electron chi connectivity index (χ0n) is 10.1. The average Bonchev–Trinajstić information content (AvgIpc) is 2.71. The van der Waals surface area contributed by atoms with Crippen LogP contribution in [0.15, 0.2) is 23.7 Å². The Hall–Kier alpha value is -1.55. The van der Waals surface area contributed by atoms with E-state index in [0.717, 1.165) is 29.1 Å². The van der Waals surface area contributed by atoms with Crippen molar-refractivity contribution in [3.8, 4) is 5.75 Å². The summed E-state index contributed by atoms with van der Waals surface area (Å²) >= 11 is 1.67. The molecule has 90 valence electrons. The van der Waals surface area contributed by atoms with E-state index in [1.807, 2.05) is 37.6 Å². The number of rotatable bonds is 4. The summed E-state index contributed by atoms with van der Waals surface area (Å²) in [5.41, 5.74) is 10.7. The van der Waals surface area contributed by atoms with E-state index in [4.69, 9.17) is 10.5 Å². The molecule has 0 saturated carbocycles. The predicted octanol–water partition coefficient (Wildman–Crippen LogP) is 2.96. The number of anilines is 1. The van der Waals surface area contributed by atoms with Crippen molar-refractivity contribution < 1.29 is 4.74 Å². The Balaban J connectivity index is 1.95. The van der Waals surface area contributed by atoms with Gasteiger partial charge in [-0.1, -0.05) is 12.1 Å². The summed E-state index contributed by atoms with van der Waals surface area (Å²) in [6, 6.07) is 5.84. The van der Waals surface area contributed by atoms with Crippen molar-refractivity contribution in [2.45, 2.75) is 20.3 Å². The zero-order chi connectivity index (χ0) is 12.3. The quantitative estimate of drug-likeness (QED) is 0.846. The van der Waals surface area contributed by atoms with Gasteiger partial charge in [0.05, 0.1) is 23.5 Å². The molecule has 0 aliphatic rings. The van der Waals surface area contributed by atoms with E-state index in [1.165, 1.54) is 4.88 Å². The van der Waals surface area contributed by atoms with Crippen LogP contribution < -0.4 is 10.5 Å². The zero-order valence-corrected chi connectivity index (χ0v) is 10.9. The second-order valence-corrected chi connectivity index (χ2v) is 4.89. The smallest absolute Gasteiger partial charge is 0.142 e. The number of ether oxygens (including phenoxy) is 1. The summed E-state index contributed by atoms with van der Waals surface area (Å²) in [5, 5.41) is 0. The lowest BCUT2D eigenvalue weighted by Gasteiger charge is -2.10. The molecule has 1 heterocycles. The Kier molecular flexibility index (Phi) is 3.64. The summed E-state index contributed by atoms with van der Waals surface area (Å²) < 4.78 is 5.70. The molecule has 0 fully saturated rings. The van der Waals surface area contributed by atoms with E-state index in [0.29, 0.717) is 6.61 Å². The standard InChI is InChI=1S/C13H16N2OS/c1-9-4-3-5-11(13(9)14)16-7-6-12-10(2)15-8-17-12/h3-5,8H,6-7,14H2,1-2H3. The predicted molar refractivity (Wildman–Crippen MR) is 71.6 cm³/mol. The minimum atomic E-state index is 0.636. The Morgan fingerprint density at radius 3 is 2.88 bits per heavy atom. The van der Waals surface area contributed by atoms with E-state index in [-0.39, 0.29) is 0 Å². The number of para-hydroxylation sites is 1. The van der Waals surface area contributed by atoms with Gasteiger partial charge in [-0.25, -0.2) is 4.98 Å². The molecule has 2 aromatic rings. The average molecular weight is 248 g/mol. The molecule has 0 unspecified atom stereocenters. The topological polar surface area (TPSA) is 48.1 Å². The first-order chi connectivity index (χ1) is 8.18. The number of benzene rings is 1. The molecular weight excluding hydrogens is 232 g/mol. The fourth-order valence-corrected chi connectivity index (χ4v) is 2.36. The lowest BCUT2D eigenvalue weighted by Crippen LogP contribution is -2.04. The molecule has 0 radical (unpaired) electrons. The highest BCUT2D eigenvalue weighted by Gasteiger charge is 2.04. The molecule has 0 saturated heterocycles. The molecule has 0 amide bonds. The second-order valence-electron chi connectivity index (χ2n) is 3.95. The van der Waals surface area contributed by atoms with Crippen LogP contribution in [-0.2, 0) is 6.42 Å². The van der Waals surface area contributed by atoms with Crippen LogP contribution >= 0.6 is 11.3 Å². The maximum Gasteiger partial charge on any atom is 0.142 e. The molecule has 3 nitrogen and oxygen atoms in total.